The fourth-order valence-electron chi connectivity index (χ4n) is 1.71. The second kappa shape index (κ2) is 5.63. The van der Waals surface area contributed by atoms with E-state index in [9.17, 15) is 4.48 Å². The number of benzene rings is 2. The molecule has 0 radical (unpaired) electrons. The van der Waals surface area contributed by atoms with Gasteiger partial charge in [-0.1, -0.05) is 27.7 Å². The smallest absolute Gasteiger partial charge is 0.154 e. The van der Waals surface area contributed by atoms with Crippen LogP contribution >= 0.6 is 23.2 Å². The topological polar surface area (TPSA) is 64.5 Å². The van der Waals surface area contributed by atoms with E-state index in [4.69, 9.17) is 27.9 Å². The molecule has 3 rings (SSSR count). The average Bonchev–Trinajstić information content (AvgIpc) is 2.43. The highest BCUT2D eigenvalue weighted by Gasteiger charge is 2.25. The molecule has 0 saturated heterocycles. The fraction of sp³-hybridized carbons (Fsp3) is 0. The average molecular weight is 302 g/mol. The Morgan fingerprint density at radius 1 is 0.895 bits per heavy atom. The summed E-state index contributed by atoms with van der Waals surface area (Å²) in [7, 11) is 0. The molecule has 0 saturated carbocycles. The van der Waals surface area contributed by atoms with Gasteiger partial charge in [0, 0.05) is 10.0 Å². The maximum atomic E-state index is 14.2. The molecule has 1 aliphatic rings. The summed E-state index contributed by atoms with van der Waals surface area (Å²) in [4.78, 5) is 0. The molecular formula is C12H10Cl2FN3O. The van der Waals surface area contributed by atoms with Crippen molar-refractivity contribution in [1.82, 2.24) is 0 Å². The number of fused-ring (bicyclic) bond motifs is 2. The summed E-state index contributed by atoms with van der Waals surface area (Å²) in [6, 6.07) is 9.55. The summed E-state index contributed by atoms with van der Waals surface area (Å²) >= 11 is 11.7. The van der Waals surface area contributed by atoms with Crippen molar-refractivity contribution < 1.29 is 9.22 Å². The molecule has 0 atom stereocenters. The number of hydrogen-bond acceptors (Lipinski definition) is 4. The van der Waals surface area contributed by atoms with E-state index in [0.29, 0.717) is 26.7 Å². The second-order valence-electron chi connectivity index (χ2n) is 3.61. The fourth-order valence-corrected chi connectivity index (χ4v) is 2.04. The van der Waals surface area contributed by atoms with E-state index in [2.05, 4.69) is 11.7 Å². The summed E-state index contributed by atoms with van der Waals surface area (Å²) in [6.45, 7) is 0. The molecule has 19 heavy (non-hydrogen) atoms. The van der Waals surface area contributed by atoms with Gasteiger partial charge < -0.3 is 4.74 Å². The summed E-state index contributed by atoms with van der Waals surface area (Å²) < 4.78 is 19.7. The van der Waals surface area contributed by atoms with Crippen LogP contribution in [0.1, 0.15) is 0 Å². The van der Waals surface area contributed by atoms with Crippen LogP contribution in [0.4, 0.5) is 15.9 Å². The van der Waals surface area contributed by atoms with Gasteiger partial charge in [0.05, 0.1) is 0 Å². The van der Waals surface area contributed by atoms with Crippen LogP contribution in [-0.4, -0.2) is 0 Å². The number of nitrogens with zero attached hydrogens (tertiary/aromatic N) is 1. The highest BCUT2D eigenvalue weighted by molar-refractivity contribution is 6.31. The second-order valence-corrected chi connectivity index (χ2v) is 4.48. The van der Waals surface area contributed by atoms with Crippen molar-refractivity contribution in [2.75, 3.05) is 5.12 Å². The van der Waals surface area contributed by atoms with Crippen LogP contribution in [-0.2, 0) is 0 Å². The van der Waals surface area contributed by atoms with E-state index in [1.165, 1.54) is 12.1 Å². The summed E-state index contributed by atoms with van der Waals surface area (Å²) in [5.74, 6) is 8.85. The summed E-state index contributed by atoms with van der Waals surface area (Å²) in [6.07, 6.45) is 0. The Labute approximate surface area is 119 Å². The van der Waals surface area contributed by atoms with E-state index in [1.54, 1.807) is 24.3 Å². The van der Waals surface area contributed by atoms with Crippen LogP contribution in [0.25, 0.3) is 0 Å². The molecule has 0 spiro atoms. The molecule has 2 aromatic rings. The highest BCUT2D eigenvalue weighted by atomic mass is 35.5. The van der Waals surface area contributed by atoms with E-state index in [0.717, 1.165) is 0 Å². The minimum atomic E-state index is 0.271. The molecule has 0 aliphatic carbocycles. The molecule has 0 amide bonds. The summed E-state index contributed by atoms with van der Waals surface area (Å²) in [5.41, 5.74) is 0.541. The predicted molar refractivity (Wildman–Crippen MR) is 74.6 cm³/mol. The monoisotopic (exact) mass is 301 g/mol. The Hall–Kier alpha value is -1.53. The van der Waals surface area contributed by atoms with Gasteiger partial charge >= 0.3 is 0 Å². The zero-order valence-electron chi connectivity index (χ0n) is 9.61. The van der Waals surface area contributed by atoms with Crippen molar-refractivity contribution in [3.63, 3.8) is 0 Å². The third-order valence-corrected chi connectivity index (χ3v) is 2.96. The Morgan fingerprint density at radius 2 is 1.32 bits per heavy atom. The Balaban J connectivity index is 0.000000637. The standard InChI is InChI=1S/C12H6Cl2FNO.H4N2/c13-7-1-3-11-9(5-7)16(15)10-6-8(14)2-4-12(10)17-11;1-2/h1-6H;1-2H2. The maximum Gasteiger partial charge on any atom is 0.154 e. The molecular weight excluding hydrogens is 292 g/mol. The molecule has 0 aromatic heterocycles. The van der Waals surface area contributed by atoms with Crippen molar-refractivity contribution in [2.24, 2.45) is 11.7 Å². The molecule has 7 heteroatoms. The minimum Gasteiger partial charge on any atom is -0.453 e. The molecule has 0 bridgehead atoms. The predicted octanol–water partition coefficient (Wildman–Crippen LogP) is 3.94. The lowest BCUT2D eigenvalue weighted by molar-refractivity contribution is 0.425. The van der Waals surface area contributed by atoms with E-state index >= 15 is 0 Å². The number of hydrazine groups is 1. The van der Waals surface area contributed by atoms with E-state index in [-0.39, 0.29) is 11.4 Å². The SMILES string of the molecule is FN1c2cc(Cl)ccc2Oc2ccc(Cl)cc21.NN. The van der Waals surface area contributed by atoms with Crippen LogP contribution in [0.2, 0.25) is 10.0 Å². The first-order valence-corrected chi connectivity index (χ1v) is 5.97. The largest absolute Gasteiger partial charge is 0.453 e. The maximum absolute atomic E-state index is 14.2. The lowest BCUT2D eigenvalue weighted by atomic mass is 10.2. The molecule has 0 fully saturated rings. The highest BCUT2D eigenvalue weighted by Crippen LogP contribution is 2.48. The molecule has 1 heterocycles. The Bertz CT molecular complexity index is 558. The zero-order chi connectivity index (χ0) is 14.0. The van der Waals surface area contributed by atoms with E-state index in [1.807, 2.05) is 0 Å². The van der Waals surface area contributed by atoms with Crippen molar-refractivity contribution in [2.45, 2.75) is 0 Å². The molecule has 100 valence electrons. The van der Waals surface area contributed by atoms with Gasteiger partial charge in [-0.25, -0.2) is 0 Å². The van der Waals surface area contributed by atoms with Gasteiger partial charge in [-0.3, -0.25) is 11.7 Å². The van der Waals surface area contributed by atoms with Crippen LogP contribution in [0.5, 0.6) is 11.5 Å². The molecule has 4 N–H and O–H groups in total. The van der Waals surface area contributed by atoms with Gasteiger partial charge in [0.1, 0.15) is 11.4 Å². The number of halogens is 3. The summed E-state index contributed by atoms with van der Waals surface area (Å²) in [5, 5.41) is 1.41. The molecule has 0 unspecified atom stereocenters. The van der Waals surface area contributed by atoms with Crippen LogP contribution in [0, 0.1) is 0 Å². The number of hydrogen-bond donors (Lipinski definition) is 2. The number of rotatable bonds is 0. The first-order chi connectivity index (χ1) is 9.15. The minimum absolute atomic E-state index is 0.271. The number of ether oxygens (including phenoxy) is 1. The van der Waals surface area contributed by atoms with Gasteiger partial charge in [0.15, 0.2) is 11.5 Å². The van der Waals surface area contributed by atoms with Crippen molar-refractivity contribution in [3.8, 4) is 11.5 Å². The van der Waals surface area contributed by atoms with E-state index < -0.39 is 0 Å². The van der Waals surface area contributed by atoms with Gasteiger partial charge in [-0.2, -0.15) is 5.12 Å². The van der Waals surface area contributed by atoms with Crippen LogP contribution in [0.3, 0.4) is 0 Å². The van der Waals surface area contributed by atoms with Gasteiger partial charge in [-0.05, 0) is 36.4 Å². The van der Waals surface area contributed by atoms with Crippen LogP contribution < -0.4 is 21.5 Å². The number of anilines is 2. The van der Waals surface area contributed by atoms with Crippen molar-refractivity contribution in [1.29, 1.82) is 0 Å². The van der Waals surface area contributed by atoms with Gasteiger partial charge in [0.25, 0.3) is 0 Å². The van der Waals surface area contributed by atoms with Crippen molar-refractivity contribution >= 4 is 34.6 Å². The normalized spacial score (nSPS) is 11.7. The Morgan fingerprint density at radius 3 is 1.74 bits per heavy atom. The lowest BCUT2D eigenvalue weighted by Crippen LogP contribution is -2.11. The quantitative estimate of drug-likeness (QED) is 0.439. The van der Waals surface area contributed by atoms with Crippen molar-refractivity contribution in [3.05, 3.63) is 46.4 Å². The number of nitrogens with two attached hydrogens (primary N) is 2. The third kappa shape index (κ3) is 2.59. The van der Waals surface area contributed by atoms with Gasteiger partial charge in [-0.15, -0.1) is 0 Å². The molecule has 1 aliphatic heterocycles. The first kappa shape index (κ1) is 13.9. The van der Waals surface area contributed by atoms with Crippen LogP contribution in [0.15, 0.2) is 36.4 Å². The van der Waals surface area contributed by atoms with Gasteiger partial charge in [0.2, 0.25) is 0 Å². The third-order valence-electron chi connectivity index (χ3n) is 2.48. The lowest BCUT2D eigenvalue weighted by Gasteiger charge is -2.25. The first-order valence-electron chi connectivity index (χ1n) is 5.21. The zero-order valence-corrected chi connectivity index (χ0v) is 11.1. The molecule has 4 nitrogen and oxygen atoms in total. The Kier molecular flexibility index (Phi) is 4.11. The molecule has 2 aromatic carbocycles.